The van der Waals surface area contributed by atoms with Crippen LogP contribution >= 0.6 is 0 Å². The molecule has 0 unspecified atom stereocenters. The molecule has 0 spiro atoms. The number of Topliss-reactive ketones (excluding diaryl/α,β-unsaturated/α-hetero) is 1. The van der Waals surface area contributed by atoms with Crippen LogP contribution in [0.2, 0.25) is 0 Å². The molecule has 7 nitrogen and oxygen atoms in total. The maximum absolute atomic E-state index is 13.0. The summed E-state index contributed by atoms with van der Waals surface area (Å²) in [4.78, 5) is 54.4. The Kier molecular flexibility index (Phi) is 3.50. The first kappa shape index (κ1) is 15.9. The van der Waals surface area contributed by atoms with E-state index in [1.54, 1.807) is 48.5 Å². The molecule has 0 aliphatic rings. The summed E-state index contributed by atoms with van der Waals surface area (Å²) in [6.07, 6.45) is -0.480. The standard InChI is InChI=1S/C19H13N3O4/c1-11(23)10-16(24)21-18(25)13-7-3-2-6-12(13)17-20-15-9-5-4-8-14(15)19(26)22(17)21/h2-9H,10H2,1H3. The summed E-state index contributed by atoms with van der Waals surface area (Å²) in [5.74, 6) is -1.16. The topological polar surface area (TPSA) is 90.5 Å². The van der Waals surface area contributed by atoms with Gasteiger partial charge in [0.1, 0.15) is 5.78 Å². The first-order valence-corrected chi connectivity index (χ1v) is 7.97. The monoisotopic (exact) mass is 347 g/mol. The molecule has 4 rings (SSSR count). The van der Waals surface area contributed by atoms with Crippen LogP contribution < -0.4 is 11.1 Å². The second-order valence-corrected chi connectivity index (χ2v) is 6.00. The smallest absolute Gasteiger partial charge is 0.281 e. The van der Waals surface area contributed by atoms with Crippen molar-refractivity contribution in [2.45, 2.75) is 13.3 Å². The molecule has 0 saturated carbocycles. The van der Waals surface area contributed by atoms with Gasteiger partial charge in [0.2, 0.25) is 0 Å². The fourth-order valence-corrected chi connectivity index (χ4v) is 3.07. The molecular weight excluding hydrogens is 334 g/mol. The Morgan fingerprint density at radius 3 is 2.19 bits per heavy atom. The highest BCUT2D eigenvalue weighted by atomic mass is 16.2. The Hall–Kier alpha value is -3.61. The van der Waals surface area contributed by atoms with Crippen molar-refractivity contribution in [2.75, 3.05) is 0 Å². The highest BCUT2D eigenvalue weighted by Gasteiger charge is 2.20. The molecule has 0 amide bonds. The Morgan fingerprint density at radius 2 is 1.50 bits per heavy atom. The number of aromatic nitrogens is 3. The molecule has 0 saturated heterocycles. The molecule has 2 heterocycles. The molecule has 2 aromatic carbocycles. The van der Waals surface area contributed by atoms with Crippen molar-refractivity contribution in [3.05, 3.63) is 69.2 Å². The molecule has 26 heavy (non-hydrogen) atoms. The number of fused-ring (bicyclic) bond motifs is 4. The number of benzene rings is 2. The highest BCUT2D eigenvalue weighted by Crippen LogP contribution is 2.17. The molecular formula is C19H13N3O4. The molecule has 0 bridgehead atoms. The third kappa shape index (κ3) is 2.25. The van der Waals surface area contributed by atoms with Crippen molar-refractivity contribution >= 4 is 39.0 Å². The molecule has 0 aliphatic carbocycles. The fraction of sp³-hybridized carbons (Fsp3) is 0.105. The quantitative estimate of drug-likeness (QED) is 0.313. The van der Waals surface area contributed by atoms with E-state index in [1.165, 1.54) is 6.92 Å². The number of nitrogens with zero attached hydrogens (tertiary/aromatic N) is 3. The van der Waals surface area contributed by atoms with Gasteiger partial charge in [0, 0.05) is 5.39 Å². The molecule has 0 atom stereocenters. The molecule has 0 radical (unpaired) electrons. The van der Waals surface area contributed by atoms with Gasteiger partial charge in [-0.05, 0) is 25.1 Å². The molecule has 2 aromatic heterocycles. The minimum atomic E-state index is -0.766. The Balaban J connectivity index is 2.31. The fourth-order valence-electron chi connectivity index (χ4n) is 3.07. The van der Waals surface area contributed by atoms with Gasteiger partial charge in [0.25, 0.3) is 17.0 Å². The SMILES string of the molecule is CC(=O)CC(=O)n1c(=O)c2ccccc2c2nc3ccccc3c(=O)n21. The van der Waals surface area contributed by atoms with E-state index in [0.29, 0.717) is 10.9 Å². The van der Waals surface area contributed by atoms with Crippen molar-refractivity contribution < 1.29 is 9.59 Å². The predicted octanol–water partition coefficient (Wildman–Crippen LogP) is 1.78. The van der Waals surface area contributed by atoms with Crippen LogP contribution in [0.4, 0.5) is 0 Å². The van der Waals surface area contributed by atoms with Gasteiger partial charge >= 0.3 is 0 Å². The lowest BCUT2D eigenvalue weighted by molar-refractivity contribution is -0.116. The summed E-state index contributed by atoms with van der Waals surface area (Å²) in [6, 6.07) is 13.3. The third-order valence-electron chi connectivity index (χ3n) is 4.18. The van der Waals surface area contributed by atoms with Crippen molar-refractivity contribution in [1.82, 2.24) is 14.2 Å². The first-order chi connectivity index (χ1) is 12.5. The van der Waals surface area contributed by atoms with E-state index < -0.39 is 29.2 Å². The van der Waals surface area contributed by atoms with E-state index in [-0.39, 0.29) is 16.4 Å². The van der Waals surface area contributed by atoms with Crippen LogP contribution in [-0.4, -0.2) is 25.9 Å². The van der Waals surface area contributed by atoms with Gasteiger partial charge in [0.15, 0.2) is 5.65 Å². The van der Waals surface area contributed by atoms with Gasteiger partial charge in [0.05, 0.1) is 22.7 Å². The van der Waals surface area contributed by atoms with Crippen LogP contribution in [0, 0.1) is 0 Å². The zero-order valence-corrected chi connectivity index (χ0v) is 13.8. The summed E-state index contributed by atoms with van der Waals surface area (Å²) >= 11 is 0. The summed E-state index contributed by atoms with van der Waals surface area (Å²) < 4.78 is 1.69. The van der Waals surface area contributed by atoms with Crippen LogP contribution in [0.5, 0.6) is 0 Å². The molecule has 128 valence electrons. The van der Waals surface area contributed by atoms with Crippen molar-refractivity contribution in [1.29, 1.82) is 0 Å². The Labute approximate surface area is 146 Å². The highest BCUT2D eigenvalue weighted by molar-refractivity contribution is 6.01. The minimum Gasteiger partial charge on any atom is -0.299 e. The van der Waals surface area contributed by atoms with Crippen molar-refractivity contribution in [3.8, 4) is 0 Å². The number of para-hydroxylation sites is 1. The van der Waals surface area contributed by atoms with Crippen LogP contribution in [0.15, 0.2) is 58.1 Å². The first-order valence-electron chi connectivity index (χ1n) is 7.97. The molecule has 4 aromatic rings. The lowest BCUT2D eigenvalue weighted by atomic mass is 10.1. The van der Waals surface area contributed by atoms with Crippen LogP contribution in [-0.2, 0) is 4.79 Å². The van der Waals surface area contributed by atoms with E-state index in [9.17, 15) is 19.2 Å². The van der Waals surface area contributed by atoms with Crippen molar-refractivity contribution in [3.63, 3.8) is 0 Å². The maximum Gasteiger partial charge on any atom is 0.281 e. The molecule has 0 fully saturated rings. The molecule has 0 aliphatic heterocycles. The van der Waals surface area contributed by atoms with Gasteiger partial charge < -0.3 is 0 Å². The lowest BCUT2D eigenvalue weighted by Crippen LogP contribution is -2.38. The summed E-state index contributed by atoms with van der Waals surface area (Å²) in [7, 11) is 0. The predicted molar refractivity (Wildman–Crippen MR) is 96.7 cm³/mol. The third-order valence-corrected chi connectivity index (χ3v) is 4.18. The minimum absolute atomic E-state index is 0.195. The van der Waals surface area contributed by atoms with E-state index in [1.807, 2.05) is 0 Å². The van der Waals surface area contributed by atoms with E-state index in [2.05, 4.69) is 4.98 Å². The Bertz CT molecular complexity index is 1350. The average Bonchev–Trinajstić information content (AvgIpc) is 2.62. The summed E-state index contributed by atoms with van der Waals surface area (Å²) in [5.41, 5.74) is -0.531. The number of ketones is 1. The van der Waals surface area contributed by atoms with Crippen molar-refractivity contribution in [2.24, 2.45) is 0 Å². The number of carbonyl (C=O) groups is 2. The number of hydrogen-bond donors (Lipinski definition) is 0. The summed E-state index contributed by atoms with van der Waals surface area (Å²) in [5, 5.41) is 1.00. The van der Waals surface area contributed by atoms with E-state index in [0.717, 1.165) is 9.20 Å². The molecule has 0 N–H and O–H groups in total. The Morgan fingerprint density at radius 1 is 0.885 bits per heavy atom. The van der Waals surface area contributed by atoms with Gasteiger partial charge in [-0.25, -0.2) is 4.98 Å². The zero-order chi connectivity index (χ0) is 18.4. The second-order valence-electron chi connectivity index (χ2n) is 6.00. The number of carbonyl (C=O) groups excluding carboxylic acids is 2. The van der Waals surface area contributed by atoms with E-state index >= 15 is 0 Å². The second kappa shape index (κ2) is 5.73. The van der Waals surface area contributed by atoms with Crippen LogP contribution in [0.25, 0.3) is 27.3 Å². The van der Waals surface area contributed by atoms with Gasteiger partial charge in [-0.3, -0.25) is 19.2 Å². The summed E-state index contributed by atoms with van der Waals surface area (Å²) in [6.45, 7) is 1.25. The molecule has 7 heteroatoms. The van der Waals surface area contributed by atoms with E-state index in [4.69, 9.17) is 0 Å². The largest absolute Gasteiger partial charge is 0.299 e. The lowest BCUT2D eigenvalue weighted by Gasteiger charge is -2.13. The normalized spacial score (nSPS) is 11.3. The maximum atomic E-state index is 13.0. The van der Waals surface area contributed by atoms with Crippen LogP contribution in [0.3, 0.4) is 0 Å². The number of rotatable bonds is 2. The van der Waals surface area contributed by atoms with Crippen LogP contribution in [0.1, 0.15) is 18.1 Å². The average molecular weight is 347 g/mol. The zero-order valence-electron chi connectivity index (χ0n) is 13.8. The van der Waals surface area contributed by atoms with Gasteiger partial charge in [-0.1, -0.05) is 30.3 Å². The number of hydrogen-bond acceptors (Lipinski definition) is 5. The van der Waals surface area contributed by atoms with Gasteiger partial charge in [-0.2, -0.15) is 9.20 Å². The van der Waals surface area contributed by atoms with Gasteiger partial charge in [-0.15, -0.1) is 0 Å².